The zero-order valence-electron chi connectivity index (χ0n) is 12.1. The third-order valence-electron chi connectivity index (χ3n) is 3.83. The van der Waals surface area contributed by atoms with Gasteiger partial charge in [-0.3, -0.25) is 4.79 Å². The number of quaternary nitrogens is 1. The Bertz CT molecular complexity index is 182. The van der Waals surface area contributed by atoms with Crippen molar-refractivity contribution in [2.45, 2.75) is 59.8 Å². The third-order valence-corrected chi connectivity index (χ3v) is 3.83. The van der Waals surface area contributed by atoms with Crippen LogP contribution in [-0.2, 0) is 4.79 Å². The highest BCUT2D eigenvalue weighted by Crippen LogP contribution is 2.09. The van der Waals surface area contributed by atoms with Crippen molar-refractivity contribution in [1.82, 2.24) is 0 Å². The molecule has 0 aliphatic heterocycles. The van der Waals surface area contributed by atoms with Crippen LogP contribution in [0.2, 0.25) is 0 Å². The second-order valence-electron chi connectivity index (χ2n) is 4.80. The number of likely N-dealkylation sites (N-methyl/N-ethyl adjacent to an activating group) is 1. The van der Waals surface area contributed by atoms with Gasteiger partial charge in [-0.05, 0) is 27.2 Å². The second-order valence-corrected chi connectivity index (χ2v) is 4.80. The van der Waals surface area contributed by atoms with Crippen LogP contribution in [-0.4, -0.2) is 36.4 Å². The minimum absolute atomic E-state index is 0. The van der Waals surface area contributed by atoms with Crippen molar-refractivity contribution in [2.75, 3.05) is 26.2 Å². The fraction of sp³-hybridized carbons (Fsp3) is 0.929. The van der Waals surface area contributed by atoms with Crippen LogP contribution in [0.3, 0.4) is 0 Å². The highest BCUT2D eigenvalue weighted by atomic mass is 79.9. The summed E-state index contributed by atoms with van der Waals surface area (Å²) in [4.78, 5) is 11.9. The monoisotopic (exact) mass is 307 g/mol. The van der Waals surface area contributed by atoms with Crippen molar-refractivity contribution >= 4 is 5.78 Å². The molecule has 0 unspecified atom stereocenters. The van der Waals surface area contributed by atoms with Crippen LogP contribution in [0.5, 0.6) is 0 Å². The topological polar surface area (TPSA) is 17.1 Å². The number of hydrogen-bond donors (Lipinski definition) is 0. The van der Waals surface area contributed by atoms with Gasteiger partial charge in [0.2, 0.25) is 0 Å². The molecule has 0 aliphatic rings. The first-order valence-corrected chi connectivity index (χ1v) is 7.00. The molecule has 0 fully saturated rings. The Morgan fingerprint density at radius 1 is 0.882 bits per heavy atom. The summed E-state index contributed by atoms with van der Waals surface area (Å²) in [5, 5.41) is 0. The first kappa shape index (κ1) is 19.4. The molecule has 2 nitrogen and oxygen atoms in total. The van der Waals surface area contributed by atoms with Gasteiger partial charge in [-0.25, -0.2) is 0 Å². The lowest BCUT2D eigenvalue weighted by Gasteiger charge is -2.35. The minimum atomic E-state index is 0. The Morgan fingerprint density at radius 3 is 1.82 bits per heavy atom. The van der Waals surface area contributed by atoms with E-state index in [9.17, 15) is 4.79 Å². The Morgan fingerprint density at radius 2 is 1.41 bits per heavy atom. The average molecular weight is 308 g/mol. The van der Waals surface area contributed by atoms with Crippen molar-refractivity contribution < 1.29 is 26.3 Å². The molecular weight excluding hydrogens is 278 g/mol. The van der Waals surface area contributed by atoms with Gasteiger partial charge in [-0.2, -0.15) is 0 Å². The molecule has 3 heteroatoms. The standard InChI is InChI=1S/C14H30NO.BrH/c1-5-9-10-11-12-14(16)13-15(6-2,7-3)8-4;/h5-13H2,1-4H3;1H/q+1;/p-1. The lowest BCUT2D eigenvalue weighted by molar-refractivity contribution is -0.915. The van der Waals surface area contributed by atoms with Gasteiger partial charge in [0.25, 0.3) is 0 Å². The maximum Gasteiger partial charge on any atom is 0.186 e. The van der Waals surface area contributed by atoms with Crippen LogP contribution in [0.15, 0.2) is 0 Å². The van der Waals surface area contributed by atoms with Crippen molar-refractivity contribution in [3.05, 3.63) is 0 Å². The average Bonchev–Trinajstić information content (AvgIpc) is 2.32. The molecule has 0 aromatic rings. The Kier molecular flexibility index (Phi) is 12.8. The fourth-order valence-corrected chi connectivity index (χ4v) is 2.21. The van der Waals surface area contributed by atoms with Gasteiger partial charge in [0.15, 0.2) is 5.78 Å². The number of Topliss-reactive ketones (excluding diaryl/α,β-unsaturated/α-hetero) is 1. The maximum absolute atomic E-state index is 11.9. The van der Waals surface area contributed by atoms with Gasteiger partial charge in [-0.1, -0.05) is 26.2 Å². The van der Waals surface area contributed by atoms with E-state index in [-0.39, 0.29) is 17.0 Å². The molecule has 0 spiro atoms. The van der Waals surface area contributed by atoms with Crippen molar-refractivity contribution in [2.24, 2.45) is 0 Å². The normalized spacial score (nSPS) is 11.1. The van der Waals surface area contributed by atoms with Gasteiger partial charge < -0.3 is 21.5 Å². The Labute approximate surface area is 118 Å². The molecule has 0 N–H and O–H groups in total. The van der Waals surface area contributed by atoms with Crippen molar-refractivity contribution in [3.63, 3.8) is 0 Å². The largest absolute Gasteiger partial charge is 1.00 e. The van der Waals surface area contributed by atoms with Crippen LogP contribution < -0.4 is 17.0 Å². The summed E-state index contributed by atoms with van der Waals surface area (Å²) >= 11 is 0. The van der Waals surface area contributed by atoms with Crippen LogP contribution in [0, 0.1) is 0 Å². The van der Waals surface area contributed by atoms with Crippen molar-refractivity contribution in [1.29, 1.82) is 0 Å². The molecule has 0 atom stereocenters. The maximum atomic E-state index is 11.9. The molecule has 0 aromatic heterocycles. The zero-order valence-corrected chi connectivity index (χ0v) is 13.7. The molecule has 0 radical (unpaired) electrons. The van der Waals surface area contributed by atoms with Gasteiger partial charge in [0.1, 0.15) is 6.54 Å². The van der Waals surface area contributed by atoms with E-state index in [1.54, 1.807) is 0 Å². The Hall–Kier alpha value is 0.110. The van der Waals surface area contributed by atoms with E-state index in [1.165, 1.54) is 19.3 Å². The molecule has 0 aromatic carbocycles. The predicted octanol–water partition coefficient (Wildman–Crippen LogP) is 0.406. The summed E-state index contributed by atoms with van der Waals surface area (Å²) < 4.78 is 0.965. The number of ketones is 1. The number of halogens is 1. The van der Waals surface area contributed by atoms with E-state index in [2.05, 4.69) is 27.7 Å². The van der Waals surface area contributed by atoms with Gasteiger partial charge in [-0.15, -0.1) is 0 Å². The smallest absolute Gasteiger partial charge is 0.186 e. The first-order chi connectivity index (χ1) is 7.64. The molecule has 17 heavy (non-hydrogen) atoms. The molecule has 0 heterocycles. The van der Waals surface area contributed by atoms with Crippen LogP contribution >= 0.6 is 0 Å². The first-order valence-electron chi connectivity index (χ1n) is 7.00. The molecule has 104 valence electrons. The second kappa shape index (κ2) is 11.2. The van der Waals surface area contributed by atoms with Crippen LogP contribution in [0.1, 0.15) is 59.8 Å². The number of carbonyl (C=O) groups excluding carboxylic acids is 1. The minimum Gasteiger partial charge on any atom is -1.00 e. The number of nitrogens with zero attached hydrogens (tertiary/aromatic N) is 1. The lowest BCUT2D eigenvalue weighted by atomic mass is 10.1. The molecule has 0 aliphatic carbocycles. The quantitative estimate of drug-likeness (QED) is 0.422. The number of carbonyl (C=O) groups is 1. The number of unbranched alkanes of at least 4 members (excludes halogenated alkanes) is 3. The summed E-state index contributed by atoms with van der Waals surface area (Å²) in [6, 6.07) is 0. The highest BCUT2D eigenvalue weighted by molar-refractivity contribution is 5.79. The van der Waals surface area contributed by atoms with Gasteiger partial charge in [0.05, 0.1) is 19.6 Å². The van der Waals surface area contributed by atoms with Gasteiger partial charge >= 0.3 is 0 Å². The van der Waals surface area contributed by atoms with E-state index >= 15 is 0 Å². The molecule has 0 saturated heterocycles. The van der Waals surface area contributed by atoms with E-state index < -0.39 is 0 Å². The van der Waals surface area contributed by atoms with Crippen LogP contribution in [0.4, 0.5) is 0 Å². The molecule has 0 bridgehead atoms. The summed E-state index contributed by atoms with van der Waals surface area (Å²) in [5.74, 6) is 0.460. The molecule has 0 saturated carbocycles. The summed E-state index contributed by atoms with van der Waals surface area (Å²) in [6.45, 7) is 12.8. The van der Waals surface area contributed by atoms with Gasteiger partial charge in [0, 0.05) is 6.42 Å². The Balaban J connectivity index is 0. The summed E-state index contributed by atoms with van der Waals surface area (Å²) in [5.41, 5.74) is 0. The molecular formula is C14H30BrNO. The predicted molar refractivity (Wildman–Crippen MR) is 70.5 cm³/mol. The van der Waals surface area contributed by atoms with Crippen molar-refractivity contribution in [3.8, 4) is 0 Å². The van der Waals surface area contributed by atoms with E-state index in [4.69, 9.17) is 0 Å². The van der Waals surface area contributed by atoms with Crippen LogP contribution in [0.25, 0.3) is 0 Å². The zero-order chi connectivity index (χ0) is 12.4. The molecule has 0 rings (SSSR count). The number of rotatable bonds is 10. The summed E-state index contributed by atoms with van der Waals surface area (Å²) in [7, 11) is 0. The van der Waals surface area contributed by atoms with E-state index in [1.807, 2.05) is 0 Å². The fourth-order valence-electron chi connectivity index (χ4n) is 2.21. The lowest BCUT2D eigenvalue weighted by Crippen LogP contribution is -3.00. The third kappa shape index (κ3) is 7.93. The van der Waals surface area contributed by atoms with E-state index in [0.717, 1.165) is 43.5 Å². The SMILES string of the molecule is CCCCCCC(=O)C[N+](CC)(CC)CC.[Br-]. The summed E-state index contributed by atoms with van der Waals surface area (Å²) in [6.07, 6.45) is 5.60. The molecule has 0 amide bonds. The van der Waals surface area contributed by atoms with E-state index in [0.29, 0.717) is 5.78 Å². The highest BCUT2D eigenvalue weighted by Gasteiger charge is 2.23. The number of hydrogen-bond acceptors (Lipinski definition) is 1.